The zero-order chi connectivity index (χ0) is 15.9. The molecule has 2 bridgehead atoms. The second kappa shape index (κ2) is 5.66. The smallest absolute Gasteiger partial charge is 0.324 e. The van der Waals surface area contributed by atoms with E-state index in [2.05, 4.69) is 0 Å². The number of fused-ring (bicyclic) bond motifs is 2. The SMILES string of the molecule is CCOC(=O)[C@H]1[C@@H]2CC[C@@H](C2)N1S(=O)(=O)c1ccc(C)cc1. The molecular weight excluding hydrogens is 302 g/mol. The van der Waals surface area contributed by atoms with Crippen LogP contribution in [0.5, 0.6) is 0 Å². The Hall–Kier alpha value is -1.40. The first-order valence-electron chi connectivity index (χ1n) is 7.72. The molecule has 5 nitrogen and oxygen atoms in total. The van der Waals surface area contributed by atoms with Gasteiger partial charge in [-0.2, -0.15) is 4.31 Å². The van der Waals surface area contributed by atoms with E-state index in [-0.39, 0.29) is 23.5 Å². The Morgan fingerprint density at radius 2 is 1.95 bits per heavy atom. The maximum Gasteiger partial charge on any atom is 0.324 e. The van der Waals surface area contributed by atoms with Crippen molar-refractivity contribution < 1.29 is 17.9 Å². The standard InChI is InChI=1S/C16H21NO4S/c1-3-21-16(18)15-12-6-7-13(10-12)17(15)22(19,20)14-8-4-11(2)5-9-14/h4-5,8-9,12-13,15H,3,6-7,10H2,1-2H3/t12-,13+,15-/m1/s1. The van der Waals surface area contributed by atoms with Crippen LogP contribution in [0, 0.1) is 12.8 Å². The number of rotatable bonds is 4. The quantitative estimate of drug-likeness (QED) is 0.796. The van der Waals surface area contributed by atoms with Gasteiger partial charge in [0.05, 0.1) is 11.5 Å². The first-order chi connectivity index (χ1) is 10.4. The fourth-order valence-electron chi connectivity index (χ4n) is 3.65. The van der Waals surface area contributed by atoms with Crippen molar-refractivity contribution in [2.45, 2.75) is 50.1 Å². The van der Waals surface area contributed by atoms with Gasteiger partial charge in [0.2, 0.25) is 10.0 Å². The minimum absolute atomic E-state index is 0.0780. The van der Waals surface area contributed by atoms with Crippen molar-refractivity contribution >= 4 is 16.0 Å². The lowest BCUT2D eigenvalue weighted by molar-refractivity contribution is -0.149. The van der Waals surface area contributed by atoms with Crippen molar-refractivity contribution in [3.63, 3.8) is 0 Å². The number of nitrogens with zero attached hydrogens (tertiary/aromatic N) is 1. The molecule has 1 saturated heterocycles. The Bertz CT molecular complexity index is 668. The van der Waals surface area contributed by atoms with Crippen LogP contribution in [-0.2, 0) is 19.6 Å². The van der Waals surface area contributed by atoms with Gasteiger partial charge >= 0.3 is 5.97 Å². The van der Waals surface area contributed by atoms with E-state index in [9.17, 15) is 13.2 Å². The number of hydrogen-bond donors (Lipinski definition) is 0. The minimum atomic E-state index is -3.67. The van der Waals surface area contributed by atoms with Crippen molar-refractivity contribution in [3.05, 3.63) is 29.8 Å². The van der Waals surface area contributed by atoms with Crippen LogP contribution in [0.2, 0.25) is 0 Å². The maximum atomic E-state index is 13.0. The van der Waals surface area contributed by atoms with Gasteiger partial charge in [0.25, 0.3) is 0 Å². The van der Waals surface area contributed by atoms with Gasteiger partial charge in [-0.1, -0.05) is 17.7 Å². The number of carbonyl (C=O) groups is 1. The summed E-state index contributed by atoms with van der Waals surface area (Å²) < 4.78 is 32.5. The molecule has 0 spiro atoms. The van der Waals surface area contributed by atoms with Crippen molar-refractivity contribution in [2.75, 3.05) is 6.61 Å². The van der Waals surface area contributed by atoms with Crippen LogP contribution in [0.4, 0.5) is 0 Å². The summed E-state index contributed by atoms with van der Waals surface area (Å²) in [4.78, 5) is 12.5. The second-order valence-electron chi connectivity index (χ2n) is 6.07. The normalized spacial score (nSPS) is 28.0. The van der Waals surface area contributed by atoms with Crippen LogP contribution >= 0.6 is 0 Å². The van der Waals surface area contributed by atoms with Gasteiger partial charge in [-0.3, -0.25) is 4.79 Å². The molecule has 2 fully saturated rings. The largest absolute Gasteiger partial charge is 0.465 e. The predicted octanol–water partition coefficient (Wildman–Crippen LogP) is 2.10. The topological polar surface area (TPSA) is 63.7 Å². The molecule has 2 aliphatic rings. The Balaban J connectivity index is 1.97. The van der Waals surface area contributed by atoms with Gasteiger partial charge in [0.15, 0.2) is 0 Å². The van der Waals surface area contributed by atoms with E-state index in [0.717, 1.165) is 24.8 Å². The number of sulfonamides is 1. The molecule has 0 amide bonds. The lowest BCUT2D eigenvalue weighted by Crippen LogP contribution is -2.49. The molecule has 1 heterocycles. The zero-order valence-electron chi connectivity index (χ0n) is 12.9. The molecule has 22 heavy (non-hydrogen) atoms. The van der Waals surface area contributed by atoms with Gasteiger partial charge in [-0.25, -0.2) is 8.42 Å². The maximum absolute atomic E-state index is 13.0. The lowest BCUT2D eigenvalue weighted by Gasteiger charge is -2.32. The number of ether oxygens (including phenoxy) is 1. The summed E-state index contributed by atoms with van der Waals surface area (Å²) in [6.45, 7) is 3.92. The first-order valence-corrected chi connectivity index (χ1v) is 9.16. The fourth-order valence-corrected chi connectivity index (χ4v) is 5.51. The van der Waals surface area contributed by atoms with E-state index in [4.69, 9.17) is 4.74 Å². The average molecular weight is 323 g/mol. The van der Waals surface area contributed by atoms with Crippen molar-refractivity contribution in [1.29, 1.82) is 0 Å². The van der Waals surface area contributed by atoms with E-state index in [0.29, 0.717) is 0 Å². The molecule has 0 N–H and O–H groups in total. The number of hydrogen-bond acceptors (Lipinski definition) is 4. The lowest BCUT2D eigenvalue weighted by atomic mass is 10.0. The number of piperidine rings is 1. The predicted molar refractivity (Wildman–Crippen MR) is 81.8 cm³/mol. The molecule has 1 aromatic rings. The molecule has 3 atom stereocenters. The third kappa shape index (κ3) is 2.44. The Morgan fingerprint density at radius 1 is 1.27 bits per heavy atom. The van der Waals surface area contributed by atoms with E-state index in [1.54, 1.807) is 31.2 Å². The number of aryl methyl sites for hydroxylation is 1. The van der Waals surface area contributed by atoms with Crippen LogP contribution < -0.4 is 0 Å². The highest BCUT2D eigenvalue weighted by Crippen LogP contribution is 2.45. The summed E-state index contributed by atoms with van der Waals surface area (Å²) in [5.41, 5.74) is 1.00. The van der Waals surface area contributed by atoms with Gasteiger partial charge < -0.3 is 4.74 Å². The van der Waals surface area contributed by atoms with Crippen LogP contribution in [0.15, 0.2) is 29.2 Å². The van der Waals surface area contributed by atoms with Gasteiger partial charge in [-0.15, -0.1) is 0 Å². The van der Waals surface area contributed by atoms with Crippen LogP contribution in [-0.4, -0.2) is 37.4 Å². The third-order valence-electron chi connectivity index (χ3n) is 4.65. The summed E-state index contributed by atoms with van der Waals surface area (Å²) in [5, 5.41) is 0. The van der Waals surface area contributed by atoms with Crippen molar-refractivity contribution in [2.24, 2.45) is 5.92 Å². The molecule has 1 aliphatic heterocycles. The first kappa shape index (κ1) is 15.5. The summed E-state index contributed by atoms with van der Waals surface area (Å²) in [7, 11) is -3.67. The van der Waals surface area contributed by atoms with Crippen LogP contribution in [0.25, 0.3) is 0 Å². The number of carbonyl (C=O) groups excluding carboxylic acids is 1. The molecule has 0 aromatic heterocycles. The molecule has 3 rings (SSSR count). The van der Waals surface area contributed by atoms with Crippen LogP contribution in [0.3, 0.4) is 0 Å². The minimum Gasteiger partial charge on any atom is -0.465 e. The van der Waals surface area contributed by atoms with E-state index >= 15 is 0 Å². The average Bonchev–Trinajstić information content (AvgIpc) is 3.08. The summed E-state index contributed by atoms with van der Waals surface area (Å²) in [6.07, 6.45) is 2.48. The van der Waals surface area contributed by atoms with E-state index in [1.165, 1.54) is 4.31 Å². The highest BCUT2D eigenvalue weighted by Gasteiger charge is 2.55. The Labute approximate surface area is 131 Å². The zero-order valence-corrected chi connectivity index (χ0v) is 13.7. The summed E-state index contributed by atoms with van der Waals surface area (Å²) >= 11 is 0. The Morgan fingerprint density at radius 3 is 2.59 bits per heavy atom. The van der Waals surface area contributed by atoms with E-state index in [1.807, 2.05) is 6.92 Å². The second-order valence-corrected chi connectivity index (χ2v) is 7.92. The molecule has 1 aromatic carbocycles. The van der Waals surface area contributed by atoms with Crippen LogP contribution in [0.1, 0.15) is 31.7 Å². The van der Waals surface area contributed by atoms with E-state index < -0.39 is 22.0 Å². The molecule has 120 valence electrons. The monoisotopic (exact) mass is 323 g/mol. The molecule has 1 saturated carbocycles. The van der Waals surface area contributed by atoms with Crippen molar-refractivity contribution in [1.82, 2.24) is 4.31 Å². The third-order valence-corrected chi connectivity index (χ3v) is 6.60. The number of esters is 1. The molecule has 6 heteroatoms. The number of benzene rings is 1. The summed E-state index contributed by atoms with van der Waals surface area (Å²) in [5.74, 6) is -0.324. The molecule has 0 unspecified atom stereocenters. The van der Waals surface area contributed by atoms with Gasteiger partial charge in [0.1, 0.15) is 6.04 Å². The molecule has 1 aliphatic carbocycles. The molecule has 0 radical (unpaired) electrons. The summed E-state index contributed by atoms with van der Waals surface area (Å²) in [6, 6.07) is 6.04. The van der Waals surface area contributed by atoms with Gasteiger partial charge in [0, 0.05) is 6.04 Å². The highest BCUT2D eigenvalue weighted by atomic mass is 32.2. The highest BCUT2D eigenvalue weighted by molar-refractivity contribution is 7.89. The molecular formula is C16H21NO4S. The Kier molecular flexibility index (Phi) is 3.99. The van der Waals surface area contributed by atoms with Gasteiger partial charge in [-0.05, 0) is 51.2 Å². The van der Waals surface area contributed by atoms with Crippen molar-refractivity contribution in [3.8, 4) is 0 Å². The fraction of sp³-hybridized carbons (Fsp3) is 0.562.